The van der Waals surface area contributed by atoms with Gasteiger partial charge in [0.1, 0.15) is 5.76 Å². The van der Waals surface area contributed by atoms with Gasteiger partial charge in [0.25, 0.3) is 0 Å². The van der Waals surface area contributed by atoms with Gasteiger partial charge in [-0.2, -0.15) is 5.10 Å². The van der Waals surface area contributed by atoms with Crippen molar-refractivity contribution in [2.24, 2.45) is 7.05 Å². The molecule has 0 atom stereocenters. The largest absolute Gasteiger partial charge is 0.469 e. The van der Waals surface area contributed by atoms with Crippen LogP contribution in [0.1, 0.15) is 5.76 Å². The lowest BCUT2D eigenvalue weighted by molar-refractivity contribution is 0.194. The van der Waals surface area contributed by atoms with E-state index in [1.54, 1.807) is 6.26 Å². The Morgan fingerprint density at radius 1 is 1.19 bits per heavy atom. The van der Waals surface area contributed by atoms with E-state index in [0.717, 1.165) is 48.3 Å². The highest BCUT2D eigenvalue weighted by atomic mass is 35.5. The molecule has 4 rings (SSSR count). The molecule has 3 heterocycles. The summed E-state index contributed by atoms with van der Waals surface area (Å²) in [4.78, 5) is 4.73. The standard InChI is InChI=1S/C19H22ClN5OS/c1-14-17(6-11-26-14)18-21-25(19(27)22(18)2)13-23-7-9-24(10-8-23)16-5-3-4-15(20)12-16/h3-6,11-12H,7-10,13H2,1-2H3. The first-order valence-electron chi connectivity index (χ1n) is 8.94. The maximum Gasteiger partial charge on any atom is 0.199 e. The third-order valence-corrected chi connectivity index (χ3v) is 5.74. The van der Waals surface area contributed by atoms with Crippen LogP contribution in [-0.4, -0.2) is 45.4 Å². The van der Waals surface area contributed by atoms with Crippen LogP contribution in [0.3, 0.4) is 0 Å². The number of anilines is 1. The van der Waals surface area contributed by atoms with E-state index in [-0.39, 0.29) is 0 Å². The zero-order valence-corrected chi connectivity index (χ0v) is 17.0. The molecule has 0 spiro atoms. The van der Waals surface area contributed by atoms with Gasteiger partial charge < -0.3 is 13.9 Å². The van der Waals surface area contributed by atoms with Gasteiger partial charge in [-0.1, -0.05) is 17.7 Å². The average Bonchev–Trinajstić information content (AvgIpc) is 3.20. The highest BCUT2D eigenvalue weighted by molar-refractivity contribution is 7.71. The Balaban J connectivity index is 1.45. The molecular formula is C19H22ClN5OS. The molecule has 3 aromatic rings. The molecule has 0 unspecified atom stereocenters. The highest BCUT2D eigenvalue weighted by Gasteiger charge is 2.20. The van der Waals surface area contributed by atoms with Crippen molar-refractivity contribution in [3.05, 3.63) is 52.1 Å². The van der Waals surface area contributed by atoms with Gasteiger partial charge in [-0.3, -0.25) is 4.90 Å². The van der Waals surface area contributed by atoms with E-state index in [1.165, 1.54) is 5.69 Å². The first-order chi connectivity index (χ1) is 13.0. The molecule has 27 heavy (non-hydrogen) atoms. The lowest BCUT2D eigenvalue weighted by Gasteiger charge is -2.35. The minimum atomic E-state index is 0.687. The fourth-order valence-electron chi connectivity index (χ4n) is 3.44. The molecule has 1 fully saturated rings. The summed E-state index contributed by atoms with van der Waals surface area (Å²) >= 11 is 11.7. The van der Waals surface area contributed by atoms with Crippen LogP contribution in [0.2, 0.25) is 5.02 Å². The molecule has 8 heteroatoms. The number of aryl methyl sites for hydroxylation is 1. The van der Waals surface area contributed by atoms with Gasteiger partial charge in [0.05, 0.1) is 18.5 Å². The number of hydrogen-bond acceptors (Lipinski definition) is 5. The van der Waals surface area contributed by atoms with Gasteiger partial charge in [-0.15, -0.1) is 0 Å². The van der Waals surface area contributed by atoms with Crippen molar-refractivity contribution in [3.63, 3.8) is 0 Å². The molecule has 0 N–H and O–H groups in total. The number of aromatic nitrogens is 3. The van der Waals surface area contributed by atoms with Gasteiger partial charge in [-0.25, -0.2) is 4.68 Å². The SMILES string of the molecule is Cc1occc1-c1nn(CN2CCN(c3cccc(Cl)c3)CC2)c(=S)n1C. The second-order valence-corrected chi connectivity index (χ2v) is 7.58. The molecule has 0 amide bonds. The third-order valence-electron chi connectivity index (χ3n) is 5.02. The minimum Gasteiger partial charge on any atom is -0.469 e. The van der Waals surface area contributed by atoms with Crippen LogP contribution in [0.15, 0.2) is 41.0 Å². The molecule has 1 aromatic carbocycles. The second kappa shape index (κ2) is 7.50. The lowest BCUT2D eigenvalue weighted by Crippen LogP contribution is -2.47. The monoisotopic (exact) mass is 403 g/mol. The summed E-state index contributed by atoms with van der Waals surface area (Å²) in [6, 6.07) is 9.96. The normalized spacial score (nSPS) is 15.4. The van der Waals surface area contributed by atoms with Gasteiger partial charge >= 0.3 is 0 Å². The van der Waals surface area contributed by atoms with Crippen molar-refractivity contribution in [2.45, 2.75) is 13.6 Å². The van der Waals surface area contributed by atoms with E-state index in [2.05, 4.69) is 15.9 Å². The van der Waals surface area contributed by atoms with Crippen LogP contribution < -0.4 is 4.90 Å². The summed E-state index contributed by atoms with van der Waals surface area (Å²) in [7, 11) is 1.95. The van der Waals surface area contributed by atoms with E-state index < -0.39 is 0 Å². The molecule has 2 aromatic heterocycles. The summed E-state index contributed by atoms with van der Waals surface area (Å²) in [6.07, 6.45) is 1.68. The van der Waals surface area contributed by atoms with Crippen molar-refractivity contribution < 1.29 is 4.42 Å². The van der Waals surface area contributed by atoms with Crippen LogP contribution in [-0.2, 0) is 13.7 Å². The van der Waals surface area contributed by atoms with Gasteiger partial charge in [0.2, 0.25) is 0 Å². The molecule has 0 saturated carbocycles. The Morgan fingerprint density at radius 3 is 2.63 bits per heavy atom. The topological polar surface area (TPSA) is 42.4 Å². The fourth-order valence-corrected chi connectivity index (χ4v) is 3.81. The number of furan rings is 1. The number of hydrogen-bond donors (Lipinski definition) is 0. The Morgan fingerprint density at radius 2 is 1.96 bits per heavy atom. The van der Waals surface area contributed by atoms with E-state index in [1.807, 2.05) is 47.5 Å². The Kier molecular flexibility index (Phi) is 5.08. The fraction of sp³-hybridized carbons (Fsp3) is 0.368. The molecule has 1 aliphatic rings. The lowest BCUT2D eigenvalue weighted by atomic mass is 10.2. The number of halogens is 1. The maximum absolute atomic E-state index is 6.12. The average molecular weight is 404 g/mol. The molecule has 1 saturated heterocycles. The number of benzene rings is 1. The minimum absolute atomic E-state index is 0.687. The summed E-state index contributed by atoms with van der Waals surface area (Å²) in [6.45, 7) is 6.43. The molecule has 0 aliphatic carbocycles. The van der Waals surface area contributed by atoms with Crippen molar-refractivity contribution in [1.82, 2.24) is 19.2 Å². The van der Waals surface area contributed by atoms with E-state index >= 15 is 0 Å². The number of rotatable bonds is 4. The molecule has 0 radical (unpaired) electrons. The van der Waals surface area contributed by atoms with E-state index in [4.69, 9.17) is 33.3 Å². The third kappa shape index (κ3) is 3.67. The van der Waals surface area contributed by atoms with Crippen LogP contribution in [0.4, 0.5) is 5.69 Å². The first-order valence-corrected chi connectivity index (χ1v) is 9.73. The Bertz CT molecular complexity index is 1000. The first kappa shape index (κ1) is 18.3. The van der Waals surface area contributed by atoms with E-state index in [9.17, 15) is 0 Å². The predicted octanol–water partition coefficient (Wildman–Crippen LogP) is 3.95. The number of piperazine rings is 1. The zero-order chi connectivity index (χ0) is 19.0. The maximum atomic E-state index is 6.12. The van der Waals surface area contributed by atoms with E-state index in [0.29, 0.717) is 11.4 Å². The van der Waals surface area contributed by atoms with Crippen LogP contribution in [0.5, 0.6) is 0 Å². The molecule has 6 nitrogen and oxygen atoms in total. The van der Waals surface area contributed by atoms with Crippen LogP contribution >= 0.6 is 23.8 Å². The molecule has 1 aliphatic heterocycles. The van der Waals surface area contributed by atoms with Crippen molar-refractivity contribution in [2.75, 3.05) is 31.1 Å². The predicted molar refractivity (Wildman–Crippen MR) is 110 cm³/mol. The smallest absolute Gasteiger partial charge is 0.199 e. The van der Waals surface area contributed by atoms with Gasteiger partial charge in [0, 0.05) is 43.9 Å². The summed E-state index contributed by atoms with van der Waals surface area (Å²) in [5, 5.41) is 5.51. The second-order valence-electron chi connectivity index (χ2n) is 6.78. The number of nitrogens with zero attached hydrogens (tertiary/aromatic N) is 5. The summed E-state index contributed by atoms with van der Waals surface area (Å²) in [5.41, 5.74) is 2.16. The molecule has 142 valence electrons. The summed E-state index contributed by atoms with van der Waals surface area (Å²) in [5.74, 6) is 1.68. The van der Waals surface area contributed by atoms with Crippen molar-refractivity contribution in [1.29, 1.82) is 0 Å². The quantitative estimate of drug-likeness (QED) is 0.617. The van der Waals surface area contributed by atoms with Crippen LogP contribution in [0.25, 0.3) is 11.4 Å². The van der Waals surface area contributed by atoms with Gasteiger partial charge in [-0.05, 0) is 43.4 Å². The van der Waals surface area contributed by atoms with Crippen molar-refractivity contribution in [3.8, 4) is 11.4 Å². The van der Waals surface area contributed by atoms with Gasteiger partial charge in [0.15, 0.2) is 10.6 Å². The summed E-state index contributed by atoms with van der Waals surface area (Å²) < 4.78 is 9.96. The Labute approximate surface area is 168 Å². The highest BCUT2D eigenvalue weighted by Crippen LogP contribution is 2.23. The molecule has 0 bridgehead atoms. The molecular weight excluding hydrogens is 382 g/mol. The van der Waals surface area contributed by atoms with Crippen molar-refractivity contribution >= 4 is 29.5 Å². The van der Waals surface area contributed by atoms with Crippen LogP contribution in [0, 0.1) is 11.7 Å². The zero-order valence-electron chi connectivity index (χ0n) is 15.4. The Hall–Kier alpha value is -2.09.